The summed E-state index contributed by atoms with van der Waals surface area (Å²) in [5.41, 5.74) is 0. The predicted octanol–water partition coefficient (Wildman–Crippen LogP) is 10.1. The molecule has 0 saturated carbocycles. The first kappa shape index (κ1) is 39.8. The van der Waals surface area contributed by atoms with Crippen LogP contribution in [0.2, 0.25) is 72.5 Å². The summed E-state index contributed by atoms with van der Waals surface area (Å²) in [4.78, 5) is 0. The second-order valence-electron chi connectivity index (χ2n) is 19.5. The van der Waals surface area contributed by atoms with Crippen molar-refractivity contribution < 1.29 is 27.2 Å². The Morgan fingerprint density at radius 3 is 1.49 bits per heavy atom. The molecule has 0 aliphatic carbocycles. The van der Waals surface area contributed by atoms with Crippen molar-refractivity contribution >= 4 is 33.3 Å². The molecule has 1 spiro atoms. The van der Waals surface area contributed by atoms with E-state index in [9.17, 15) is 0 Å². The first-order valence-corrected chi connectivity index (χ1v) is 28.4. The van der Waals surface area contributed by atoms with E-state index in [2.05, 4.69) is 135 Å². The van der Waals surface area contributed by atoms with Gasteiger partial charge in [0, 0.05) is 6.42 Å². The normalized spacial score (nSPS) is 27.8. The molecule has 6 nitrogen and oxygen atoms in total. The lowest BCUT2D eigenvalue weighted by Crippen LogP contribution is -2.59. The van der Waals surface area contributed by atoms with Gasteiger partial charge in [0.1, 0.15) is 18.3 Å². The lowest BCUT2D eigenvalue weighted by Gasteiger charge is -2.46. The molecule has 0 aromatic heterocycles. The SMILES string of the molecule is CC(C)(C)[Si](C)(C)OC[C@@H](O[Si](C)(C)C(C)(C)C)[C@@H]1O[C@]2(CCCO2)[C@H](O[Si](C)(C)C(C)(C)C)[C@H]1O[Si](C)(C)C(C)(C)C. The van der Waals surface area contributed by atoms with Gasteiger partial charge in [0.05, 0.1) is 19.3 Å². The van der Waals surface area contributed by atoms with E-state index >= 15 is 0 Å². The van der Waals surface area contributed by atoms with Crippen molar-refractivity contribution in [2.24, 2.45) is 0 Å². The van der Waals surface area contributed by atoms with E-state index < -0.39 is 39.1 Å². The fourth-order valence-electron chi connectivity index (χ4n) is 4.58. The van der Waals surface area contributed by atoms with Crippen LogP contribution in [0.15, 0.2) is 0 Å². The van der Waals surface area contributed by atoms with Crippen LogP contribution < -0.4 is 0 Å². The van der Waals surface area contributed by atoms with Crippen LogP contribution in [0.4, 0.5) is 0 Å². The molecule has 2 saturated heterocycles. The summed E-state index contributed by atoms with van der Waals surface area (Å²) in [6.45, 7) is 47.4. The Bertz CT molecular complexity index is 931. The zero-order valence-corrected chi connectivity index (χ0v) is 36.1. The maximum absolute atomic E-state index is 7.44. The predicted molar refractivity (Wildman–Crippen MR) is 192 cm³/mol. The third kappa shape index (κ3) is 8.76. The van der Waals surface area contributed by atoms with Gasteiger partial charge in [0.2, 0.25) is 0 Å². The molecule has 0 N–H and O–H groups in total. The molecule has 43 heavy (non-hydrogen) atoms. The molecule has 2 aliphatic rings. The number of hydrogen-bond donors (Lipinski definition) is 0. The van der Waals surface area contributed by atoms with Crippen molar-refractivity contribution in [2.75, 3.05) is 13.2 Å². The van der Waals surface area contributed by atoms with E-state index in [1.807, 2.05) is 0 Å². The minimum Gasteiger partial charge on any atom is -0.414 e. The molecule has 0 bridgehead atoms. The van der Waals surface area contributed by atoms with Crippen LogP contribution in [0.5, 0.6) is 0 Å². The summed E-state index contributed by atoms with van der Waals surface area (Å²) in [5.74, 6) is -0.834. The summed E-state index contributed by atoms with van der Waals surface area (Å²) < 4.78 is 42.9. The molecule has 2 aliphatic heterocycles. The highest BCUT2D eigenvalue weighted by Crippen LogP contribution is 2.51. The molecular weight excluding hydrogens is 605 g/mol. The van der Waals surface area contributed by atoms with Gasteiger partial charge < -0.3 is 27.2 Å². The van der Waals surface area contributed by atoms with Crippen LogP contribution in [0.1, 0.15) is 95.9 Å². The van der Waals surface area contributed by atoms with Crippen molar-refractivity contribution in [1.82, 2.24) is 0 Å². The lowest BCUT2D eigenvalue weighted by molar-refractivity contribution is -0.238. The standard InChI is InChI=1S/C33H72O6Si4/c1-29(2,3)40(13,14)35-24-25(37-41(15,16)30(4,5)6)26-27(38-42(17,18)31(7,8)9)28(33(36-26)22-21-23-34-33)39-43(19,20)32(10,11)12/h25-28H,21-24H2,1-20H3/t25-,26+,27+,28-,33-/m1/s1. The van der Waals surface area contributed by atoms with E-state index in [-0.39, 0.29) is 44.6 Å². The molecule has 5 atom stereocenters. The van der Waals surface area contributed by atoms with Gasteiger partial charge in [-0.1, -0.05) is 83.1 Å². The van der Waals surface area contributed by atoms with Gasteiger partial charge >= 0.3 is 0 Å². The molecule has 0 unspecified atom stereocenters. The molecule has 2 rings (SSSR count). The monoisotopic (exact) mass is 676 g/mol. The van der Waals surface area contributed by atoms with Gasteiger partial charge in [0.25, 0.3) is 0 Å². The molecule has 256 valence electrons. The Morgan fingerprint density at radius 1 is 0.651 bits per heavy atom. The third-order valence-corrected chi connectivity index (χ3v) is 29.8. The first-order valence-electron chi connectivity index (χ1n) is 16.8. The topological polar surface area (TPSA) is 55.4 Å². The van der Waals surface area contributed by atoms with E-state index in [4.69, 9.17) is 27.2 Å². The maximum Gasteiger partial charge on any atom is 0.196 e. The van der Waals surface area contributed by atoms with Crippen molar-refractivity contribution in [3.05, 3.63) is 0 Å². The van der Waals surface area contributed by atoms with E-state index in [1.165, 1.54) is 0 Å². The molecule has 0 amide bonds. The third-order valence-electron chi connectivity index (χ3n) is 11.9. The lowest BCUT2D eigenvalue weighted by atomic mass is 10.0. The number of ether oxygens (including phenoxy) is 2. The van der Waals surface area contributed by atoms with Gasteiger partial charge in [-0.05, 0) is 78.9 Å². The summed E-state index contributed by atoms with van der Waals surface area (Å²) in [6.07, 6.45) is 0.459. The number of rotatable bonds is 10. The smallest absolute Gasteiger partial charge is 0.196 e. The fraction of sp³-hybridized carbons (Fsp3) is 1.00. The molecule has 0 aromatic rings. The van der Waals surface area contributed by atoms with Crippen molar-refractivity contribution in [3.63, 3.8) is 0 Å². The number of hydrogen-bond acceptors (Lipinski definition) is 6. The Balaban J connectivity index is 2.74. The Hall–Kier alpha value is 0.628. The Labute approximate surface area is 271 Å². The van der Waals surface area contributed by atoms with Crippen LogP contribution in [0.25, 0.3) is 0 Å². The first-order chi connectivity index (χ1) is 18.8. The molecule has 2 heterocycles. The molecule has 2 fully saturated rings. The summed E-state index contributed by atoms with van der Waals surface area (Å²) >= 11 is 0. The minimum atomic E-state index is -2.25. The quantitative estimate of drug-likeness (QED) is 0.215. The van der Waals surface area contributed by atoms with E-state index in [1.54, 1.807) is 0 Å². The second kappa shape index (κ2) is 12.6. The van der Waals surface area contributed by atoms with E-state index in [0.29, 0.717) is 13.2 Å². The van der Waals surface area contributed by atoms with Crippen LogP contribution in [0.3, 0.4) is 0 Å². The summed E-state index contributed by atoms with van der Waals surface area (Å²) in [6, 6.07) is 0. The fourth-order valence-corrected chi connectivity index (χ4v) is 9.50. The van der Waals surface area contributed by atoms with Crippen molar-refractivity contribution in [3.8, 4) is 0 Å². The molecular formula is C33H72O6Si4. The largest absolute Gasteiger partial charge is 0.414 e. The Morgan fingerprint density at radius 2 is 1.09 bits per heavy atom. The average molecular weight is 677 g/mol. The van der Waals surface area contributed by atoms with Gasteiger partial charge in [-0.15, -0.1) is 0 Å². The average Bonchev–Trinajstić information content (AvgIpc) is 3.34. The van der Waals surface area contributed by atoms with Gasteiger partial charge in [-0.2, -0.15) is 0 Å². The highest BCUT2D eigenvalue weighted by atomic mass is 28.4. The molecule has 0 aromatic carbocycles. The van der Waals surface area contributed by atoms with Crippen LogP contribution in [-0.2, 0) is 27.2 Å². The maximum atomic E-state index is 7.44. The minimum absolute atomic E-state index is 0.0266. The highest BCUT2D eigenvalue weighted by molar-refractivity contribution is 6.75. The van der Waals surface area contributed by atoms with Gasteiger partial charge in [-0.3, -0.25) is 0 Å². The summed E-state index contributed by atoms with van der Waals surface area (Å²) in [7, 11) is -8.75. The van der Waals surface area contributed by atoms with Crippen LogP contribution in [0, 0.1) is 0 Å². The van der Waals surface area contributed by atoms with Gasteiger partial charge in [-0.25, -0.2) is 0 Å². The Kier molecular flexibility index (Phi) is 11.6. The van der Waals surface area contributed by atoms with Crippen molar-refractivity contribution in [2.45, 2.75) is 199 Å². The van der Waals surface area contributed by atoms with Gasteiger partial charge in [0.15, 0.2) is 39.1 Å². The molecule has 10 heteroatoms. The van der Waals surface area contributed by atoms with Crippen LogP contribution >= 0.6 is 0 Å². The zero-order chi connectivity index (χ0) is 33.9. The second-order valence-corrected chi connectivity index (χ2v) is 38.6. The summed E-state index contributed by atoms with van der Waals surface area (Å²) in [5, 5.41) is 0.189. The van der Waals surface area contributed by atoms with E-state index in [0.717, 1.165) is 12.8 Å². The molecule has 0 radical (unpaired) electrons. The highest BCUT2D eigenvalue weighted by Gasteiger charge is 2.64. The van der Waals surface area contributed by atoms with Crippen LogP contribution in [-0.4, -0.2) is 76.7 Å². The van der Waals surface area contributed by atoms with Crippen molar-refractivity contribution in [1.29, 1.82) is 0 Å². The zero-order valence-electron chi connectivity index (χ0n) is 32.1.